The fourth-order valence-electron chi connectivity index (χ4n) is 5.15. The molecule has 0 atom stereocenters. The molecule has 0 bridgehead atoms. The number of pyridine rings is 1. The molecular weight excluding hydrogens is 398 g/mol. The van der Waals surface area contributed by atoms with Crippen molar-refractivity contribution in [3.05, 3.63) is 95.1 Å². The van der Waals surface area contributed by atoms with Gasteiger partial charge in [-0.2, -0.15) is 0 Å². The van der Waals surface area contributed by atoms with Gasteiger partial charge in [-0.25, -0.2) is 0 Å². The van der Waals surface area contributed by atoms with Gasteiger partial charge in [-0.3, -0.25) is 9.88 Å². The van der Waals surface area contributed by atoms with Crippen LogP contribution in [-0.2, 0) is 25.9 Å². The summed E-state index contributed by atoms with van der Waals surface area (Å²) in [7, 11) is 1.65. The number of ether oxygens (including phenoxy) is 1. The third kappa shape index (κ3) is 3.19. The van der Waals surface area contributed by atoms with Crippen LogP contribution < -0.4 is 4.74 Å². The monoisotopic (exact) mass is 423 g/mol. The molecule has 1 aliphatic heterocycles. The van der Waals surface area contributed by atoms with Crippen LogP contribution in [0.15, 0.2) is 67.0 Å². The van der Waals surface area contributed by atoms with Gasteiger partial charge in [0.05, 0.1) is 25.9 Å². The van der Waals surface area contributed by atoms with Crippen molar-refractivity contribution in [3.8, 4) is 17.1 Å². The summed E-state index contributed by atoms with van der Waals surface area (Å²) in [6.45, 7) is 2.54. The number of rotatable bonds is 3. The lowest BCUT2D eigenvalue weighted by molar-refractivity contribution is 0.176. The normalized spacial score (nSPS) is 16.0. The highest BCUT2D eigenvalue weighted by Gasteiger charge is 2.32. The molecule has 0 N–H and O–H groups in total. The van der Waals surface area contributed by atoms with Gasteiger partial charge in [0.1, 0.15) is 11.6 Å². The Morgan fingerprint density at radius 1 is 0.875 bits per heavy atom. The summed E-state index contributed by atoms with van der Waals surface area (Å²) in [6.07, 6.45) is 5.70. The molecule has 2 aliphatic rings. The van der Waals surface area contributed by atoms with Crippen LogP contribution in [0.25, 0.3) is 11.4 Å². The van der Waals surface area contributed by atoms with E-state index in [0.29, 0.717) is 0 Å². The molecule has 6 heteroatoms. The molecule has 6 nitrogen and oxygen atoms in total. The molecule has 0 saturated carbocycles. The first-order valence-electron chi connectivity index (χ1n) is 11.1. The molecule has 0 saturated heterocycles. The smallest absolute Gasteiger partial charge is 0.165 e. The quantitative estimate of drug-likeness (QED) is 0.498. The molecule has 3 heterocycles. The number of aryl methyl sites for hydroxylation is 2. The molecule has 0 amide bonds. The van der Waals surface area contributed by atoms with Gasteiger partial charge in [0.25, 0.3) is 0 Å². The summed E-state index contributed by atoms with van der Waals surface area (Å²) in [5, 5.41) is 9.09. The fourth-order valence-corrected chi connectivity index (χ4v) is 5.15. The maximum absolute atomic E-state index is 5.34. The predicted molar refractivity (Wildman–Crippen MR) is 122 cm³/mol. The number of methoxy groups -OCH3 is 1. The lowest BCUT2D eigenvalue weighted by Gasteiger charge is -2.36. The highest BCUT2D eigenvalue weighted by atomic mass is 16.5. The second kappa shape index (κ2) is 7.88. The minimum atomic E-state index is 0.234. The Morgan fingerprint density at radius 2 is 1.59 bits per heavy atom. The molecule has 4 aromatic rings. The van der Waals surface area contributed by atoms with E-state index < -0.39 is 0 Å². The van der Waals surface area contributed by atoms with Gasteiger partial charge in [-0.1, -0.05) is 48.5 Å². The zero-order valence-corrected chi connectivity index (χ0v) is 18.1. The maximum atomic E-state index is 5.34. The summed E-state index contributed by atoms with van der Waals surface area (Å²) in [6, 6.07) is 20.0. The second-order valence-corrected chi connectivity index (χ2v) is 8.48. The van der Waals surface area contributed by atoms with Gasteiger partial charge < -0.3 is 9.30 Å². The zero-order chi connectivity index (χ0) is 21.5. The molecule has 2 aromatic carbocycles. The van der Waals surface area contributed by atoms with Gasteiger partial charge in [0, 0.05) is 24.8 Å². The largest absolute Gasteiger partial charge is 0.495 e. The molecule has 0 fully saturated rings. The van der Waals surface area contributed by atoms with Crippen LogP contribution in [0.3, 0.4) is 0 Å². The minimum absolute atomic E-state index is 0.234. The Hall–Kier alpha value is -3.51. The van der Waals surface area contributed by atoms with E-state index in [-0.39, 0.29) is 6.04 Å². The van der Waals surface area contributed by atoms with E-state index in [2.05, 4.69) is 73.2 Å². The zero-order valence-electron chi connectivity index (χ0n) is 18.1. The number of benzene rings is 2. The van der Waals surface area contributed by atoms with Crippen molar-refractivity contribution in [3.63, 3.8) is 0 Å². The number of hydrogen-bond acceptors (Lipinski definition) is 5. The van der Waals surface area contributed by atoms with Crippen LogP contribution in [0, 0.1) is 0 Å². The summed E-state index contributed by atoms with van der Waals surface area (Å²) in [4.78, 5) is 6.85. The average molecular weight is 424 g/mol. The van der Waals surface area contributed by atoms with Crippen molar-refractivity contribution in [2.24, 2.45) is 0 Å². The number of hydrogen-bond donors (Lipinski definition) is 0. The van der Waals surface area contributed by atoms with E-state index in [1.54, 1.807) is 13.3 Å². The minimum Gasteiger partial charge on any atom is -0.495 e. The summed E-state index contributed by atoms with van der Waals surface area (Å²) in [5.74, 6) is 2.57. The molecule has 6 rings (SSSR count). The van der Waals surface area contributed by atoms with Crippen LogP contribution in [0.4, 0.5) is 0 Å². The van der Waals surface area contributed by atoms with E-state index in [0.717, 1.165) is 55.4 Å². The van der Waals surface area contributed by atoms with Crippen molar-refractivity contribution < 1.29 is 4.74 Å². The van der Waals surface area contributed by atoms with Crippen molar-refractivity contribution in [1.82, 2.24) is 24.6 Å². The molecule has 160 valence electrons. The van der Waals surface area contributed by atoms with Gasteiger partial charge in [-0.15, -0.1) is 10.2 Å². The Bertz CT molecular complexity index is 1230. The first-order valence-corrected chi connectivity index (χ1v) is 11.1. The Morgan fingerprint density at radius 3 is 2.31 bits per heavy atom. The highest BCUT2D eigenvalue weighted by molar-refractivity contribution is 5.56. The molecular formula is C26H25N5O. The summed E-state index contributed by atoms with van der Waals surface area (Å²) < 4.78 is 7.57. The number of nitrogens with zero attached hydrogens (tertiary/aromatic N) is 5. The molecule has 2 aromatic heterocycles. The molecule has 32 heavy (non-hydrogen) atoms. The standard InChI is InChI=1S/C26H25N5O/c1-32-21-14-20(15-27-16-21)26-29-28-24-17-30(12-13-31(24)26)25-22-8-4-2-6-18(22)10-11-19-7-3-5-9-23(19)25/h2-9,14-16,25H,10-13,17H2,1H3. The second-order valence-electron chi connectivity index (χ2n) is 8.48. The first-order chi connectivity index (χ1) is 15.8. The fraction of sp³-hybridized carbons (Fsp3) is 0.269. The third-order valence-corrected chi connectivity index (χ3v) is 6.72. The van der Waals surface area contributed by atoms with E-state index in [1.807, 2.05) is 12.3 Å². The topological polar surface area (TPSA) is 56.1 Å². The van der Waals surface area contributed by atoms with Gasteiger partial charge in [0.15, 0.2) is 5.82 Å². The first kappa shape index (κ1) is 19.2. The van der Waals surface area contributed by atoms with E-state index >= 15 is 0 Å². The Labute approximate surface area is 187 Å². The molecule has 0 radical (unpaired) electrons. The van der Waals surface area contributed by atoms with Crippen molar-refractivity contribution in [2.45, 2.75) is 32.0 Å². The van der Waals surface area contributed by atoms with Crippen molar-refractivity contribution >= 4 is 0 Å². The average Bonchev–Trinajstić information content (AvgIpc) is 3.20. The lowest BCUT2D eigenvalue weighted by Crippen LogP contribution is -2.37. The predicted octanol–water partition coefficient (Wildman–Crippen LogP) is 4.05. The summed E-state index contributed by atoms with van der Waals surface area (Å²) in [5.41, 5.74) is 6.67. The van der Waals surface area contributed by atoms with E-state index in [4.69, 9.17) is 4.74 Å². The Kier molecular flexibility index (Phi) is 4.72. The number of aromatic nitrogens is 4. The van der Waals surface area contributed by atoms with Gasteiger partial charge in [-0.05, 0) is 41.2 Å². The third-order valence-electron chi connectivity index (χ3n) is 6.72. The molecule has 1 aliphatic carbocycles. The van der Waals surface area contributed by atoms with Crippen molar-refractivity contribution in [1.29, 1.82) is 0 Å². The summed E-state index contributed by atoms with van der Waals surface area (Å²) >= 11 is 0. The SMILES string of the molecule is COc1cncc(-c2nnc3n2CCN(C2c4ccccc4CCc4ccccc42)C3)c1. The lowest BCUT2D eigenvalue weighted by atomic mass is 9.93. The molecule has 0 spiro atoms. The number of fused-ring (bicyclic) bond motifs is 3. The highest BCUT2D eigenvalue weighted by Crippen LogP contribution is 2.38. The Balaban J connectivity index is 1.38. The van der Waals surface area contributed by atoms with Crippen LogP contribution in [0.1, 0.15) is 34.1 Å². The molecule has 0 unspecified atom stereocenters. The van der Waals surface area contributed by atoms with Crippen LogP contribution in [-0.4, -0.2) is 38.3 Å². The van der Waals surface area contributed by atoms with Crippen LogP contribution in [0.5, 0.6) is 5.75 Å². The van der Waals surface area contributed by atoms with E-state index in [1.165, 1.54) is 22.3 Å². The maximum Gasteiger partial charge on any atom is 0.165 e. The van der Waals surface area contributed by atoms with Crippen LogP contribution in [0.2, 0.25) is 0 Å². The van der Waals surface area contributed by atoms with Gasteiger partial charge in [0.2, 0.25) is 0 Å². The van der Waals surface area contributed by atoms with E-state index in [9.17, 15) is 0 Å². The van der Waals surface area contributed by atoms with Gasteiger partial charge >= 0.3 is 0 Å². The van der Waals surface area contributed by atoms with Crippen molar-refractivity contribution in [2.75, 3.05) is 13.7 Å². The van der Waals surface area contributed by atoms with Crippen LogP contribution >= 0.6 is 0 Å².